The standard InChI is InChI=1S/C19H22ClN3O/c1-4-23(5-2)18-11-9-15(10-12-18)19(24)22-21-14(3)16-7-6-8-17(20)13-16/h6-13H,4-5H2,1-3H3,(H,22,24)/b21-14+. The first kappa shape index (κ1) is 18.0. The van der Waals surface area contributed by atoms with E-state index >= 15 is 0 Å². The van der Waals surface area contributed by atoms with Crippen molar-refractivity contribution in [3.8, 4) is 0 Å². The van der Waals surface area contributed by atoms with Gasteiger partial charge >= 0.3 is 0 Å². The summed E-state index contributed by atoms with van der Waals surface area (Å²) in [7, 11) is 0. The lowest BCUT2D eigenvalue weighted by molar-refractivity contribution is 0.0955. The second-order valence-electron chi connectivity index (χ2n) is 5.37. The summed E-state index contributed by atoms with van der Waals surface area (Å²) in [6.07, 6.45) is 0. The summed E-state index contributed by atoms with van der Waals surface area (Å²) in [5, 5.41) is 4.79. The fraction of sp³-hybridized carbons (Fsp3) is 0.263. The van der Waals surface area contributed by atoms with Gasteiger partial charge in [-0.25, -0.2) is 5.43 Å². The molecular weight excluding hydrogens is 322 g/mol. The predicted molar refractivity (Wildman–Crippen MR) is 101 cm³/mol. The van der Waals surface area contributed by atoms with Crippen molar-refractivity contribution < 1.29 is 4.79 Å². The minimum absolute atomic E-state index is 0.234. The lowest BCUT2D eigenvalue weighted by Gasteiger charge is -2.20. The maximum atomic E-state index is 12.2. The first-order valence-electron chi connectivity index (χ1n) is 8.00. The fourth-order valence-electron chi connectivity index (χ4n) is 2.39. The van der Waals surface area contributed by atoms with E-state index in [1.165, 1.54) is 0 Å². The molecule has 0 saturated heterocycles. The second-order valence-corrected chi connectivity index (χ2v) is 5.80. The topological polar surface area (TPSA) is 44.7 Å². The third-order valence-electron chi connectivity index (χ3n) is 3.83. The molecule has 1 N–H and O–H groups in total. The molecule has 24 heavy (non-hydrogen) atoms. The Bertz CT molecular complexity index is 722. The quantitative estimate of drug-likeness (QED) is 0.626. The van der Waals surface area contributed by atoms with Crippen LogP contribution < -0.4 is 10.3 Å². The highest BCUT2D eigenvalue weighted by Crippen LogP contribution is 2.15. The van der Waals surface area contributed by atoms with E-state index in [1.807, 2.05) is 49.4 Å². The van der Waals surface area contributed by atoms with Gasteiger partial charge in [-0.15, -0.1) is 0 Å². The molecule has 4 nitrogen and oxygen atoms in total. The number of carbonyl (C=O) groups is 1. The van der Waals surface area contributed by atoms with Crippen LogP contribution in [0, 0.1) is 0 Å². The van der Waals surface area contributed by atoms with Gasteiger partial charge in [-0.05, 0) is 62.7 Å². The van der Waals surface area contributed by atoms with Crippen molar-refractivity contribution in [2.75, 3.05) is 18.0 Å². The van der Waals surface area contributed by atoms with E-state index in [4.69, 9.17) is 11.6 Å². The van der Waals surface area contributed by atoms with Crippen LogP contribution in [-0.2, 0) is 0 Å². The third-order valence-corrected chi connectivity index (χ3v) is 4.06. The monoisotopic (exact) mass is 343 g/mol. The molecule has 2 rings (SSSR count). The van der Waals surface area contributed by atoms with Gasteiger partial charge in [0, 0.05) is 29.4 Å². The molecule has 5 heteroatoms. The largest absolute Gasteiger partial charge is 0.372 e. The number of rotatable bonds is 6. The molecule has 0 spiro atoms. The SMILES string of the molecule is CCN(CC)c1ccc(C(=O)N/N=C(\C)c2cccc(Cl)c2)cc1. The summed E-state index contributed by atoms with van der Waals surface area (Å²) in [6.45, 7) is 7.92. The lowest BCUT2D eigenvalue weighted by Crippen LogP contribution is -2.22. The van der Waals surface area contributed by atoms with E-state index in [9.17, 15) is 4.79 Å². The zero-order valence-electron chi connectivity index (χ0n) is 14.2. The molecule has 0 atom stereocenters. The van der Waals surface area contributed by atoms with Gasteiger partial charge in [0.2, 0.25) is 0 Å². The van der Waals surface area contributed by atoms with Crippen LogP contribution in [0.3, 0.4) is 0 Å². The minimum Gasteiger partial charge on any atom is -0.372 e. The van der Waals surface area contributed by atoms with Crippen molar-refractivity contribution in [3.05, 3.63) is 64.7 Å². The van der Waals surface area contributed by atoms with Crippen molar-refractivity contribution in [3.63, 3.8) is 0 Å². The van der Waals surface area contributed by atoms with Crippen LogP contribution in [0.4, 0.5) is 5.69 Å². The molecule has 0 saturated carbocycles. The normalized spacial score (nSPS) is 11.2. The van der Waals surface area contributed by atoms with Crippen LogP contribution in [0.1, 0.15) is 36.7 Å². The van der Waals surface area contributed by atoms with Crippen LogP contribution in [0.2, 0.25) is 5.02 Å². The number of nitrogens with zero attached hydrogens (tertiary/aromatic N) is 2. The zero-order valence-corrected chi connectivity index (χ0v) is 15.0. The molecule has 0 aliphatic carbocycles. The highest BCUT2D eigenvalue weighted by atomic mass is 35.5. The summed E-state index contributed by atoms with van der Waals surface area (Å²) < 4.78 is 0. The number of halogens is 1. The van der Waals surface area contributed by atoms with Crippen molar-refractivity contribution in [1.82, 2.24) is 5.43 Å². The summed E-state index contributed by atoms with van der Waals surface area (Å²) >= 11 is 5.97. The van der Waals surface area contributed by atoms with Gasteiger partial charge in [0.25, 0.3) is 5.91 Å². The smallest absolute Gasteiger partial charge is 0.271 e. The van der Waals surface area contributed by atoms with E-state index < -0.39 is 0 Å². The summed E-state index contributed by atoms with van der Waals surface area (Å²) in [4.78, 5) is 14.4. The molecule has 0 heterocycles. The van der Waals surface area contributed by atoms with Crippen molar-refractivity contribution >= 4 is 28.9 Å². The summed E-state index contributed by atoms with van der Waals surface area (Å²) in [5.74, 6) is -0.234. The number of benzene rings is 2. The van der Waals surface area contributed by atoms with Gasteiger partial charge in [-0.3, -0.25) is 4.79 Å². The molecule has 126 valence electrons. The average molecular weight is 344 g/mol. The van der Waals surface area contributed by atoms with Gasteiger partial charge < -0.3 is 4.90 Å². The Balaban J connectivity index is 2.05. The molecule has 1 amide bonds. The van der Waals surface area contributed by atoms with Gasteiger partial charge in [0.15, 0.2) is 0 Å². The van der Waals surface area contributed by atoms with Gasteiger partial charge in [-0.2, -0.15) is 5.10 Å². The van der Waals surface area contributed by atoms with Gasteiger partial charge in [0.1, 0.15) is 0 Å². The second kappa shape index (κ2) is 8.50. The van der Waals surface area contributed by atoms with Crippen molar-refractivity contribution in [2.45, 2.75) is 20.8 Å². The molecule has 0 radical (unpaired) electrons. The van der Waals surface area contributed by atoms with E-state index in [-0.39, 0.29) is 5.91 Å². The Morgan fingerprint density at radius 1 is 1.08 bits per heavy atom. The molecule has 0 aromatic heterocycles. The Morgan fingerprint density at radius 3 is 2.33 bits per heavy atom. The molecule has 0 aliphatic heterocycles. The number of hydrogen-bond donors (Lipinski definition) is 1. The summed E-state index contributed by atoms with van der Waals surface area (Å²) in [5.41, 5.74) is 5.84. The number of carbonyl (C=O) groups excluding carboxylic acids is 1. The van der Waals surface area contributed by atoms with Crippen LogP contribution in [0.5, 0.6) is 0 Å². The van der Waals surface area contributed by atoms with Crippen LogP contribution in [-0.4, -0.2) is 24.7 Å². The maximum Gasteiger partial charge on any atom is 0.271 e. The first-order valence-corrected chi connectivity index (χ1v) is 8.38. The van der Waals surface area contributed by atoms with Crippen molar-refractivity contribution in [2.24, 2.45) is 5.10 Å². The van der Waals surface area contributed by atoms with Crippen molar-refractivity contribution in [1.29, 1.82) is 0 Å². The van der Waals surface area contributed by atoms with Crippen LogP contribution in [0.15, 0.2) is 53.6 Å². The van der Waals surface area contributed by atoms with Crippen LogP contribution in [0.25, 0.3) is 0 Å². The number of hydrogen-bond acceptors (Lipinski definition) is 3. The average Bonchev–Trinajstić information content (AvgIpc) is 2.61. The third kappa shape index (κ3) is 4.59. The van der Waals surface area contributed by atoms with E-state index in [0.29, 0.717) is 16.3 Å². The maximum absolute atomic E-state index is 12.2. The number of anilines is 1. The Kier molecular flexibility index (Phi) is 6.38. The molecule has 2 aromatic carbocycles. The molecule has 0 unspecified atom stereocenters. The molecule has 2 aromatic rings. The zero-order chi connectivity index (χ0) is 17.5. The number of hydrazone groups is 1. The molecular formula is C19H22ClN3O. The molecule has 0 bridgehead atoms. The Hall–Kier alpha value is -2.33. The minimum atomic E-state index is -0.234. The van der Waals surface area contributed by atoms with Gasteiger partial charge in [-0.1, -0.05) is 23.7 Å². The number of nitrogens with one attached hydrogen (secondary N) is 1. The predicted octanol–water partition coefficient (Wildman–Crippen LogP) is 4.34. The Morgan fingerprint density at radius 2 is 1.75 bits per heavy atom. The molecule has 0 fully saturated rings. The van der Waals surface area contributed by atoms with E-state index in [0.717, 1.165) is 24.3 Å². The fourth-order valence-corrected chi connectivity index (χ4v) is 2.58. The lowest BCUT2D eigenvalue weighted by atomic mass is 10.1. The Labute approximate surface area is 148 Å². The molecule has 0 aliphatic rings. The van der Waals surface area contributed by atoms with Crippen LogP contribution >= 0.6 is 11.6 Å². The first-order chi connectivity index (χ1) is 11.5. The van der Waals surface area contributed by atoms with Gasteiger partial charge in [0.05, 0.1) is 5.71 Å². The highest BCUT2D eigenvalue weighted by molar-refractivity contribution is 6.31. The van der Waals surface area contributed by atoms with E-state index in [2.05, 4.69) is 29.3 Å². The highest BCUT2D eigenvalue weighted by Gasteiger charge is 2.07. The van der Waals surface area contributed by atoms with E-state index in [1.54, 1.807) is 6.07 Å². The summed E-state index contributed by atoms with van der Waals surface area (Å²) in [6, 6.07) is 14.9. The number of amides is 1.